The second-order valence-electron chi connectivity index (χ2n) is 6.50. The van der Waals surface area contributed by atoms with Crippen LogP contribution < -0.4 is 5.32 Å². The fraction of sp³-hybridized carbons (Fsp3) is 0.667. The molecule has 1 atom stereocenters. The molecule has 0 aliphatic carbocycles. The minimum Gasteiger partial charge on any atom is -0.316 e. The number of nitrogens with one attached hydrogen (secondary N) is 1. The maximum Gasteiger partial charge on any atom is 0.00472 e. The molecule has 2 heteroatoms. The van der Waals surface area contributed by atoms with E-state index in [2.05, 4.69) is 54.5 Å². The molecule has 2 nitrogen and oxygen atoms in total. The average molecular weight is 274 g/mol. The van der Waals surface area contributed by atoms with Gasteiger partial charge in [-0.1, -0.05) is 43.7 Å². The molecule has 0 spiro atoms. The van der Waals surface area contributed by atoms with Crippen molar-refractivity contribution in [2.75, 3.05) is 33.2 Å². The first kappa shape index (κ1) is 15.5. The molecule has 1 fully saturated rings. The quantitative estimate of drug-likeness (QED) is 0.820. The molecule has 1 aromatic rings. The smallest absolute Gasteiger partial charge is 0.00472 e. The molecular formula is C18H30N2. The van der Waals surface area contributed by atoms with Crippen LogP contribution >= 0.6 is 0 Å². The van der Waals surface area contributed by atoms with Crippen LogP contribution in [0.25, 0.3) is 0 Å². The largest absolute Gasteiger partial charge is 0.316 e. The van der Waals surface area contributed by atoms with Crippen LogP contribution in [-0.4, -0.2) is 38.1 Å². The summed E-state index contributed by atoms with van der Waals surface area (Å²) >= 11 is 0. The minimum atomic E-state index is 0.512. The van der Waals surface area contributed by atoms with Gasteiger partial charge in [-0.15, -0.1) is 0 Å². The normalized spacial score (nSPS) is 23.1. The monoisotopic (exact) mass is 274 g/mol. The average Bonchev–Trinajstić information content (AvgIpc) is 2.47. The minimum absolute atomic E-state index is 0.512. The van der Waals surface area contributed by atoms with E-state index in [4.69, 9.17) is 0 Å². The Morgan fingerprint density at radius 2 is 2.05 bits per heavy atom. The third-order valence-corrected chi connectivity index (χ3v) is 4.57. The summed E-state index contributed by atoms with van der Waals surface area (Å²) in [4.78, 5) is 2.54. The van der Waals surface area contributed by atoms with Crippen molar-refractivity contribution >= 4 is 0 Å². The maximum absolute atomic E-state index is 3.61. The molecule has 0 amide bonds. The van der Waals surface area contributed by atoms with Gasteiger partial charge >= 0.3 is 0 Å². The molecule has 1 saturated heterocycles. The summed E-state index contributed by atoms with van der Waals surface area (Å²) in [5.41, 5.74) is 1.96. The van der Waals surface area contributed by atoms with Crippen molar-refractivity contribution in [2.45, 2.75) is 39.0 Å². The lowest BCUT2D eigenvalue weighted by molar-refractivity contribution is 0.122. The maximum atomic E-state index is 3.61. The van der Waals surface area contributed by atoms with Crippen LogP contribution in [0.4, 0.5) is 0 Å². The fourth-order valence-electron chi connectivity index (χ4n) is 3.60. The van der Waals surface area contributed by atoms with Crippen LogP contribution in [0.3, 0.4) is 0 Å². The predicted molar refractivity (Wildman–Crippen MR) is 87.1 cm³/mol. The Hall–Kier alpha value is -0.860. The van der Waals surface area contributed by atoms with Crippen molar-refractivity contribution < 1.29 is 0 Å². The summed E-state index contributed by atoms with van der Waals surface area (Å²) < 4.78 is 0. The summed E-state index contributed by atoms with van der Waals surface area (Å²) in [6.45, 7) is 7.13. The number of likely N-dealkylation sites (N-methyl/N-ethyl adjacent to an activating group) is 1. The van der Waals surface area contributed by atoms with E-state index in [1.807, 2.05) is 0 Å². The summed E-state index contributed by atoms with van der Waals surface area (Å²) in [6, 6.07) is 10.8. The van der Waals surface area contributed by atoms with Crippen LogP contribution in [0.1, 0.15) is 38.2 Å². The Labute approximate surface area is 124 Å². The molecule has 112 valence electrons. The van der Waals surface area contributed by atoms with Gasteiger partial charge in [0.05, 0.1) is 0 Å². The van der Waals surface area contributed by atoms with E-state index in [1.165, 1.54) is 50.9 Å². The van der Waals surface area contributed by atoms with E-state index in [9.17, 15) is 0 Å². The first-order chi connectivity index (χ1) is 9.74. The molecule has 1 heterocycles. The lowest BCUT2D eigenvalue weighted by atomic mass is 9.76. The van der Waals surface area contributed by atoms with Crippen molar-refractivity contribution in [2.24, 2.45) is 5.41 Å². The molecule has 2 rings (SSSR count). The van der Waals surface area contributed by atoms with E-state index >= 15 is 0 Å². The lowest BCUT2D eigenvalue weighted by Crippen LogP contribution is -2.47. The predicted octanol–water partition coefficient (Wildman–Crippen LogP) is 3.33. The second kappa shape index (κ2) is 7.80. The van der Waals surface area contributed by atoms with Gasteiger partial charge in [0.25, 0.3) is 0 Å². The van der Waals surface area contributed by atoms with Gasteiger partial charge < -0.3 is 10.2 Å². The highest BCUT2D eigenvalue weighted by Crippen LogP contribution is 2.32. The molecule has 1 aromatic carbocycles. The van der Waals surface area contributed by atoms with E-state index in [0.717, 1.165) is 13.0 Å². The summed E-state index contributed by atoms with van der Waals surface area (Å²) in [7, 11) is 2.29. The molecule has 1 aliphatic rings. The van der Waals surface area contributed by atoms with Crippen LogP contribution in [0.15, 0.2) is 30.3 Å². The highest BCUT2D eigenvalue weighted by atomic mass is 15.1. The number of rotatable bonds is 7. The van der Waals surface area contributed by atoms with Crippen LogP contribution in [0.2, 0.25) is 0 Å². The van der Waals surface area contributed by atoms with Crippen molar-refractivity contribution in [1.82, 2.24) is 10.2 Å². The van der Waals surface area contributed by atoms with Crippen LogP contribution in [0.5, 0.6) is 0 Å². The first-order valence-corrected chi connectivity index (χ1v) is 8.17. The zero-order chi connectivity index (χ0) is 14.3. The van der Waals surface area contributed by atoms with Crippen molar-refractivity contribution in [3.8, 4) is 0 Å². The number of nitrogens with zero attached hydrogens (tertiary/aromatic N) is 1. The second-order valence-corrected chi connectivity index (χ2v) is 6.50. The summed E-state index contributed by atoms with van der Waals surface area (Å²) in [5, 5.41) is 3.61. The third-order valence-electron chi connectivity index (χ3n) is 4.57. The zero-order valence-electron chi connectivity index (χ0n) is 13.2. The third kappa shape index (κ3) is 4.60. The summed E-state index contributed by atoms with van der Waals surface area (Å²) in [6.07, 6.45) is 6.55. The zero-order valence-corrected chi connectivity index (χ0v) is 13.2. The van der Waals surface area contributed by atoms with E-state index in [0.29, 0.717) is 5.41 Å². The number of benzene rings is 1. The molecule has 0 bridgehead atoms. The highest BCUT2D eigenvalue weighted by Gasteiger charge is 2.31. The van der Waals surface area contributed by atoms with E-state index < -0.39 is 0 Å². The number of piperidine rings is 1. The van der Waals surface area contributed by atoms with Crippen molar-refractivity contribution in [1.29, 1.82) is 0 Å². The Kier molecular flexibility index (Phi) is 6.06. The van der Waals surface area contributed by atoms with Crippen molar-refractivity contribution in [3.63, 3.8) is 0 Å². The molecule has 1 N–H and O–H groups in total. The molecule has 20 heavy (non-hydrogen) atoms. The van der Waals surface area contributed by atoms with E-state index in [1.54, 1.807) is 0 Å². The van der Waals surface area contributed by atoms with Gasteiger partial charge in [0, 0.05) is 19.6 Å². The molecule has 0 radical (unpaired) electrons. The Morgan fingerprint density at radius 1 is 1.25 bits per heavy atom. The van der Waals surface area contributed by atoms with Gasteiger partial charge in [-0.05, 0) is 50.3 Å². The molecule has 1 unspecified atom stereocenters. The SMILES string of the molecule is CCCC1(CN(C)CCc2ccccc2)CCCNC1. The Bertz CT molecular complexity index is 363. The number of hydrogen-bond donors (Lipinski definition) is 1. The van der Waals surface area contributed by atoms with E-state index in [-0.39, 0.29) is 0 Å². The van der Waals surface area contributed by atoms with Gasteiger partial charge in [-0.25, -0.2) is 0 Å². The number of hydrogen-bond acceptors (Lipinski definition) is 2. The van der Waals surface area contributed by atoms with Gasteiger partial charge in [0.2, 0.25) is 0 Å². The Balaban J connectivity index is 1.83. The molecule has 0 aromatic heterocycles. The Morgan fingerprint density at radius 3 is 2.70 bits per heavy atom. The highest BCUT2D eigenvalue weighted by molar-refractivity contribution is 5.14. The molecule has 0 saturated carbocycles. The molecule has 1 aliphatic heterocycles. The molecular weight excluding hydrogens is 244 g/mol. The topological polar surface area (TPSA) is 15.3 Å². The first-order valence-electron chi connectivity index (χ1n) is 8.17. The summed E-state index contributed by atoms with van der Waals surface area (Å²) in [5.74, 6) is 0. The van der Waals surface area contributed by atoms with Gasteiger partial charge in [-0.2, -0.15) is 0 Å². The standard InChI is InChI=1S/C18H30N2/c1-3-11-18(12-7-13-19-15-18)16-20(2)14-10-17-8-5-4-6-9-17/h4-6,8-9,19H,3,7,10-16H2,1-2H3. The fourth-order valence-corrected chi connectivity index (χ4v) is 3.60. The lowest BCUT2D eigenvalue weighted by Gasteiger charge is -2.40. The van der Waals surface area contributed by atoms with Gasteiger partial charge in [-0.3, -0.25) is 0 Å². The van der Waals surface area contributed by atoms with Crippen molar-refractivity contribution in [3.05, 3.63) is 35.9 Å². The van der Waals surface area contributed by atoms with Crippen LogP contribution in [-0.2, 0) is 6.42 Å². The van der Waals surface area contributed by atoms with Gasteiger partial charge in [0.1, 0.15) is 0 Å². The van der Waals surface area contributed by atoms with Crippen LogP contribution in [0, 0.1) is 5.41 Å². The van der Waals surface area contributed by atoms with Gasteiger partial charge in [0.15, 0.2) is 0 Å².